The van der Waals surface area contributed by atoms with E-state index in [1.54, 1.807) is 29.9 Å². The number of carbonyl (C=O) groups excluding carboxylic acids is 1. The van der Waals surface area contributed by atoms with Gasteiger partial charge in [0.1, 0.15) is 0 Å². The lowest BCUT2D eigenvalue weighted by molar-refractivity contribution is -0.0441. The molecule has 1 aromatic rings. The number of piperidine rings is 1. The number of amides is 1. The van der Waals surface area contributed by atoms with Crippen molar-refractivity contribution in [3.63, 3.8) is 0 Å². The molecule has 0 saturated carbocycles. The predicted molar refractivity (Wildman–Crippen MR) is 68.2 cm³/mol. The smallest absolute Gasteiger partial charge is 0.276 e. The third kappa shape index (κ3) is 2.33. The van der Waals surface area contributed by atoms with Gasteiger partial charge in [-0.1, -0.05) is 0 Å². The summed E-state index contributed by atoms with van der Waals surface area (Å²) in [5, 5.41) is 4.12. The lowest BCUT2D eigenvalue weighted by atomic mass is 9.94. The largest absolute Gasteiger partial charge is 0.396 e. The summed E-state index contributed by atoms with van der Waals surface area (Å²) in [7, 11) is 3.44. The zero-order chi connectivity index (χ0) is 13.3. The quantitative estimate of drug-likeness (QED) is 0.838. The van der Waals surface area contributed by atoms with Gasteiger partial charge in [-0.25, -0.2) is 0 Å². The van der Waals surface area contributed by atoms with E-state index in [1.807, 2.05) is 6.92 Å². The topological polar surface area (TPSA) is 73.4 Å². The first kappa shape index (κ1) is 12.9. The summed E-state index contributed by atoms with van der Waals surface area (Å²) < 4.78 is 7.04. The van der Waals surface area contributed by atoms with Crippen LogP contribution in [0.15, 0.2) is 6.20 Å². The number of aromatic nitrogens is 2. The summed E-state index contributed by atoms with van der Waals surface area (Å²) in [4.78, 5) is 14.1. The molecule has 18 heavy (non-hydrogen) atoms. The van der Waals surface area contributed by atoms with E-state index in [9.17, 15) is 4.79 Å². The molecular formula is C12H20N4O2. The number of aryl methyl sites for hydroxylation is 1. The molecule has 1 saturated heterocycles. The highest BCUT2D eigenvalue weighted by molar-refractivity contribution is 5.97. The molecule has 100 valence electrons. The first-order valence-corrected chi connectivity index (χ1v) is 6.09. The summed E-state index contributed by atoms with van der Waals surface area (Å²) >= 11 is 0. The minimum absolute atomic E-state index is 0.115. The minimum atomic E-state index is -0.266. The van der Waals surface area contributed by atoms with Crippen molar-refractivity contribution in [1.82, 2.24) is 14.7 Å². The van der Waals surface area contributed by atoms with E-state index in [0.29, 0.717) is 17.9 Å². The standard InChI is InChI=1S/C12H20N4O2/c1-12(18-3)5-4-6-16(8-12)11(17)10-9(13)7-15(2)14-10/h7H,4-6,8,13H2,1-3H3. The minimum Gasteiger partial charge on any atom is -0.396 e. The van der Waals surface area contributed by atoms with E-state index in [1.165, 1.54) is 0 Å². The molecule has 2 rings (SSSR count). The van der Waals surface area contributed by atoms with Crippen LogP contribution in [0.2, 0.25) is 0 Å². The van der Waals surface area contributed by atoms with E-state index in [2.05, 4.69) is 5.10 Å². The molecule has 0 spiro atoms. The van der Waals surface area contributed by atoms with Crippen LogP contribution in [-0.4, -0.2) is 46.4 Å². The lowest BCUT2D eigenvalue weighted by Crippen LogP contribution is -2.49. The summed E-state index contributed by atoms with van der Waals surface area (Å²) in [6.45, 7) is 3.33. The number of ether oxygens (including phenoxy) is 1. The molecule has 6 heteroatoms. The number of likely N-dealkylation sites (tertiary alicyclic amines) is 1. The van der Waals surface area contributed by atoms with E-state index in [0.717, 1.165) is 19.4 Å². The summed E-state index contributed by atoms with van der Waals surface area (Å²) in [6, 6.07) is 0. The van der Waals surface area contributed by atoms with Crippen LogP contribution in [0.25, 0.3) is 0 Å². The Morgan fingerprint density at radius 3 is 2.89 bits per heavy atom. The fraction of sp³-hybridized carbons (Fsp3) is 0.667. The predicted octanol–water partition coefficient (Wildman–Crippen LogP) is 0.643. The van der Waals surface area contributed by atoms with Crippen molar-refractivity contribution >= 4 is 11.6 Å². The molecule has 1 aromatic heterocycles. The fourth-order valence-electron chi connectivity index (χ4n) is 2.37. The van der Waals surface area contributed by atoms with Crippen molar-refractivity contribution in [2.45, 2.75) is 25.4 Å². The second kappa shape index (κ2) is 4.61. The Kier molecular flexibility index (Phi) is 3.30. The van der Waals surface area contributed by atoms with Crippen LogP contribution in [0, 0.1) is 0 Å². The highest BCUT2D eigenvalue weighted by Crippen LogP contribution is 2.25. The summed E-state index contributed by atoms with van der Waals surface area (Å²) in [5.41, 5.74) is 6.28. The SMILES string of the molecule is COC1(C)CCCN(C(=O)c2nn(C)cc2N)C1. The van der Waals surface area contributed by atoms with Gasteiger partial charge in [-0.15, -0.1) is 0 Å². The number of carbonyl (C=O) groups is 1. The Balaban J connectivity index is 2.16. The number of anilines is 1. The molecule has 0 aromatic carbocycles. The third-order valence-electron chi connectivity index (χ3n) is 3.50. The molecular weight excluding hydrogens is 232 g/mol. The van der Waals surface area contributed by atoms with Crippen LogP contribution in [0.5, 0.6) is 0 Å². The Bertz CT molecular complexity index is 457. The average Bonchev–Trinajstić information content (AvgIpc) is 2.67. The lowest BCUT2D eigenvalue weighted by Gasteiger charge is -2.39. The van der Waals surface area contributed by atoms with Crippen molar-refractivity contribution in [2.75, 3.05) is 25.9 Å². The number of nitrogens with two attached hydrogens (primary N) is 1. The molecule has 0 aliphatic carbocycles. The van der Waals surface area contributed by atoms with Gasteiger partial charge in [0, 0.05) is 33.4 Å². The van der Waals surface area contributed by atoms with Crippen molar-refractivity contribution in [3.05, 3.63) is 11.9 Å². The fourth-order valence-corrected chi connectivity index (χ4v) is 2.37. The maximum absolute atomic E-state index is 12.4. The first-order valence-electron chi connectivity index (χ1n) is 6.09. The molecule has 0 radical (unpaired) electrons. The number of rotatable bonds is 2. The zero-order valence-corrected chi connectivity index (χ0v) is 11.1. The van der Waals surface area contributed by atoms with Crippen LogP contribution in [0.4, 0.5) is 5.69 Å². The Morgan fingerprint density at radius 1 is 1.61 bits per heavy atom. The van der Waals surface area contributed by atoms with Gasteiger partial charge in [0.05, 0.1) is 11.3 Å². The maximum Gasteiger partial charge on any atom is 0.276 e. The Labute approximate surface area is 107 Å². The highest BCUT2D eigenvalue weighted by atomic mass is 16.5. The van der Waals surface area contributed by atoms with Crippen molar-refractivity contribution in [1.29, 1.82) is 0 Å². The van der Waals surface area contributed by atoms with E-state index >= 15 is 0 Å². The van der Waals surface area contributed by atoms with Crippen LogP contribution in [0.3, 0.4) is 0 Å². The Hall–Kier alpha value is -1.56. The monoisotopic (exact) mass is 252 g/mol. The molecule has 0 bridgehead atoms. The van der Waals surface area contributed by atoms with Crippen LogP contribution >= 0.6 is 0 Å². The molecule has 1 atom stereocenters. The number of methoxy groups -OCH3 is 1. The molecule has 1 unspecified atom stereocenters. The average molecular weight is 252 g/mol. The summed E-state index contributed by atoms with van der Waals surface area (Å²) in [6.07, 6.45) is 3.54. The van der Waals surface area contributed by atoms with Crippen LogP contribution in [-0.2, 0) is 11.8 Å². The highest BCUT2D eigenvalue weighted by Gasteiger charge is 2.34. The number of hydrogen-bond acceptors (Lipinski definition) is 4. The van der Waals surface area contributed by atoms with Gasteiger partial charge in [0.2, 0.25) is 0 Å². The molecule has 1 amide bonds. The number of nitrogen functional groups attached to an aromatic ring is 1. The molecule has 1 fully saturated rings. The van der Waals surface area contributed by atoms with E-state index in [-0.39, 0.29) is 11.5 Å². The molecule has 2 heterocycles. The van der Waals surface area contributed by atoms with Gasteiger partial charge < -0.3 is 15.4 Å². The van der Waals surface area contributed by atoms with Gasteiger partial charge in [-0.05, 0) is 19.8 Å². The van der Waals surface area contributed by atoms with Crippen LogP contribution in [0.1, 0.15) is 30.3 Å². The molecule has 1 aliphatic heterocycles. The van der Waals surface area contributed by atoms with Gasteiger partial charge >= 0.3 is 0 Å². The summed E-state index contributed by atoms with van der Waals surface area (Å²) in [5.74, 6) is -0.115. The van der Waals surface area contributed by atoms with E-state index in [4.69, 9.17) is 10.5 Å². The second-order valence-corrected chi connectivity index (χ2v) is 5.09. The molecule has 1 aliphatic rings. The number of nitrogens with zero attached hydrogens (tertiary/aromatic N) is 3. The van der Waals surface area contributed by atoms with Crippen molar-refractivity contribution in [3.8, 4) is 0 Å². The molecule has 6 nitrogen and oxygen atoms in total. The number of hydrogen-bond donors (Lipinski definition) is 1. The maximum atomic E-state index is 12.4. The van der Waals surface area contributed by atoms with E-state index < -0.39 is 0 Å². The second-order valence-electron chi connectivity index (χ2n) is 5.09. The van der Waals surface area contributed by atoms with Crippen LogP contribution < -0.4 is 5.73 Å². The van der Waals surface area contributed by atoms with Gasteiger partial charge in [0.25, 0.3) is 5.91 Å². The van der Waals surface area contributed by atoms with Gasteiger partial charge in [-0.2, -0.15) is 5.10 Å². The zero-order valence-electron chi connectivity index (χ0n) is 11.1. The Morgan fingerprint density at radius 2 is 2.33 bits per heavy atom. The normalized spacial score (nSPS) is 24.3. The third-order valence-corrected chi connectivity index (χ3v) is 3.50. The van der Waals surface area contributed by atoms with Gasteiger partial charge in [0.15, 0.2) is 5.69 Å². The van der Waals surface area contributed by atoms with Gasteiger partial charge in [-0.3, -0.25) is 9.48 Å². The first-order chi connectivity index (χ1) is 8.45. The van der Waals surface area contributed by atoms with Crippen molar-refractivity contribution < 1.29 is 9.53 Å². The van der Waals surface area contributed by atoms with Crippen molar-refractivity contribution in [2.24, 2.45) is 7.05 Å². The molecule has 2 N–H and O–H groups in total.